The SMILES string of the molecule is CCN1CCC(Oc2cc3ccncc3cc2C)CC1.Cl. The zero-order valence-corrected chi connectivity index (χ0v) is 13.5. The summed E-state index contributed by atoms with van der Waals surface area (Å²) in [6, 6.07) is 6.36. The first-order valence-electron chi connectivity index (χ1n) is 7.49. The Balaban J connectivity index is 0.00000161. The number of likely N-dealkylation sites (tertiary alicyclic amines) is 1. The number of benzene rings is 1. The van der Waals surface area contributed by atoms with Crippen LogP contribution in [-0.4, -0.2) is 35.6 Å². The molecule has 114 valence electrons. The van der Waals surface area contributed by atoms with Crippen LogP contribution in [-0.2, 0) is 0 Å². The Morgan fingerprint density at radius 1 is 1.24 bits per heavy atom. The van der Waals surface area contributed by atoms with E-state index in [4.69, 9.17) is 4.74 Å². The highest BCUT2D eigenvalue weighted by Crippen LogP contribution is 2.27. The predicted molar refractivity (Wildman–Crippen MR) is 89.5 cm³/mol. The summed E-state index contributed by atoms with van der Waals surface area (Å²) in [6.07, 6.45) is 6.35. The molecule has 0 bridgehead atoms. The molecule has 0 saturated carbocycles. The van der Waals surface area contributed by atoms with Gasteiger partial charge in [-0.25, -0.2) is 0 Å². The molecule has 0 amide bonds. The average molecular weight is 307 g/mol. The van der Waals surface area contributed by atoms with E-state index in [2.05, 4.69) is 35.9 Å². The first-order valence-corrected chi connectivity index (χ1v) is 7.49. The molecule has 2 aromatic rings. The number of ether oxygens (including phenoxy) is 1. The van der Waals surface area contributed by atoms with Crippen molar-refractivity contribution in [1.82, 2.24) is 9.88 Å². The summed E-state index contributed by atoms with van der Waals surface area (Å²) < 4.78 is 6.24. The zero-order valence-electron chi connectivity index (χ0n) is 12.7. The maximum absolute atomic E-state index is 6.24. The molecular weight excluding hydrogens is 284 g/mol. The standard InChI is InChI=1S/C17H22N2O.ClH/c1-3-19-8-5-16(6-9-19)20-17-11-14-4-7-18-12-15(14)10-13(17)2;/h4,7,10-12,16H,3,5-6,8-9H2,1-2H3;1H. The number of fused-ring (bicyclic) bond motifs is 1. The predicted octanol–water partition coefficient (Wildman–Crippen LogP) is 3.83. The van der Waals surface area contributed by atoms with E-state index < -0.39 is 0 Å². The summed E-state index contributed by atoms with van der Waals surface area (Å²) in [7, 11) is 0. The third-order valence-corrected chi connectivity index (χ3v) is 4.21. The number of rotatable bonds is 3. The van der Waals surface area contributed by atoms with Crippen molar-refractivity contribution in [3.63, 3.8) is 0 Å². The Hall–Kier alpha value is -1.32. The molecule has 1 fully saturated rings. The number of piperidine rings is 1. The van der Waals surface area contributed by atoms with Crippen LogP contribution in [0.1, 0.15) is 25.3 Å². The van der Waals surface area contributed by atoms with Crippen LogP contribution in [0.3, 0.4) is 0 Å². The summed E-state index contributed by atoms with van der Waals surface area (Å²) in [5, 5.41) is 2.38. The highest BCUT2D eigenvalue weighted by Gasteiger charge is 2.20. The molecule has 0 spiro atoms. The maximum atomic E-state index is 6.24. The van der Waals surface area contributed by atoms with Crippen molar-refractivity contribution in [2.45, 2.75) is 32.8 Å². The van der Waals surface area contributed by atoms with Crippen LogP contribution in [0.25, 0.3) is 10.8 Å². The summed E-state index contributed by atoms with van der Waals surface area (Å²) in [4.78, 5) is 6.66. The fourth-order valence-electron chi connectivity index (χ4n) is 2.88. The quantitative estimate of drug-likeness (QED) is 0.862. The van der Waals surface area contributed by atoms with E-state index in [-0.39, 0.29) is 12.4 Å². The largest absolute Gasteiger partial charge is 0.490 e. The van der Waals surface area contributed by atoms with Gasteiger partial charge in [-0.1, -0.05) is 6.92 Å². The molecule has 2 heterocycles. The van der Waals surface area contributed by atoms with Crippen LogP contribution in [0.4, 0.5) is 0 Å². The van der Waals surface area contributed by atoms with Crippen LogP contribution in [0.5, 0.6) is 5.75 Å². The van der Waals surface area contributed by atoms with E-state index in [1.807, 2.05) is 18.5 Å². The summed E-state index contributed by atoms with van der Waals surface area (Å²) in [5.74, 6) is 1.03. The Labute approximate surface area is 132 Å². The van der Waals surface area contributed by atoms with Gasteiger partial charge in [-0.15, -0.1) is 12.4 Å². The zero-order chi connectivity index (χ0) is 13.9. The second-order valence-corrected chi connectivity index (χ2v) is 5.59. The van der Waals surface area contributed by atoms with Crippen LogP contribution < -0.4 is 4.74 Å². The van der Waals surface area contributed by atoms with Crippen molar-refractivity contribution in [3.8, 4) is 5.75 Å². The summed E-state index contributed by atoms with van der Waals surface area (Å²) in [6.45, 7) is 7.79. The molecule has 1 aliphatic heterocycles. The van der Waals surface area contributed by atoms with Crippen molar-refractivity contribution >= 4 is 23.2 Å². The molecule has 3 nitrogen and oxygen atoms in total. The summed E-state index contributed by atoms with van der Waals surface area (Å²) in [5.41, 5.74) is 1.20. The van der Waals surface area contributed by atoms with Gasteiger partial charge in [0.1, 0.15) is 11.9 Å². The molecule has 0 unspecified atom stereocenters. The molecule has 4 heteroatoms. The number of pyridine rings is 1. The van der Waals surface area contributed by atoms with Crippen LogP contribution >= 0.6 is 12.4 Å². The van der Waals surface area contributed by atoms with Gasteiger partial charge in [-0.3, -0.25) is 4.98 Å². The van der Waals surface area contributed by atoms with Gasteiger partial charge in [-0.05, 0) is 55.5 Å². The lowest BCUT2D eigenvalue weighted by atomic mass is 10.1. The number of hydrogen-bond donors (Lipinski definition) is 0. The second-order valence-electron chi connectivity index (χ2n) is 5.59. The second kappa shape index (κ2) is 7.10. The van der Waals surface area contributed by atoms with Gasteiger partial charge in [0.2, 0.25) is 0 Å². The first kappa shape index (κ1) is 16.1. The molecule has 1 aromatic carbocycles. The van der Waals surface area contributed by atoms with E-state index in [1.54, 1.807) is 0 Å². The molecule has 3 rings (SSSR count). The lowest BCUT2D eigenvalue weighted by Gasteiger charge is -2.31. The molecule has 0 atom stereocenters. The van der Waals surface area contributed by atoms with E-state index in [9.17, 15) is 0 Å². The maximum Gasteiger partial charge on any atom is 0.123 e. The molecule has 1 aliphatic rings. The van der Waals surface area contributed by atoms with Gasteiger partial charge < -0.3 is 9.64 Å². The molecule has 0 radical (unpaired) electrons. The monoisotopic (exact) mass is 306 g/mol. The fourth-order valence-corrected chi connectivity index (χ4v) is 2.88. The minimum atomic E-state index is 0. The Morgan fingerprint density at radius 3 is 2.71 bits per heavy atom. The highest BCUT2D eigenvalue weighted by atomic mass is 35.5. The fraction of sp³-hybridized carbons (Fsp3) is 0.471. The molecule has 0 N–H and O–H groups in total. The molecule has 1 aromatic heterocycles. The lowest BCUT2D eigenvalue weighted by Crippen LogP contribution is -2.38. The topological polar surface area (TPSA) is 25.4 Å². The van der Waals surface area contributed by atoms with Gasteiger partial charge in [0.25, 0.3) is 0 Å². The van der Waals surface area contributed by atoms with Gasteiger partial charge in [0.05, 0.1) is 0 Å². The number of aryl methyl sites for hydroxylation is 1. The highest BCUT2D eigenvalue weighted by molar-refractivity contribution is 5.85. The van der Waals surface area contributed by atoms with Crippen molar-refractivity contribution in [2.24, 2.45) is 0 Å². The van der Waals surface area contributed by atoms with Crippen molar-refractivity contribution < 1.29 is 4.74 Å². The minimum absolute atomic E-state index is 0. The van der Waals surface area contributed by atoms with Gasteiger partial charge in [0, 0.05) is 30.9 Å². The third-order valence-electron chi connectivity index (χ3n) is 4.21. The normalized spacial score (nSPS) is 16.7. The molecule has 21 heavy (non-hydrogen) atoms. The number of aromatic nitrogens is 1. The van der Waals surface area contributed by atoms with E-state index in [0.717, 1.165) is 38.2 Å². The van der Waals surface area contributed by atoms with E-state index in [1.165, 1.54) is 16.3 Å². The van der Waals surface area contributed by atoms with Gasteiger partial charge >= 0.3 is 0 Å². The van der Waals surface area contributed by atoms with Crippen molar-refractivity contribution in [3.05, 3.63) is 36.2 Å². The van der Waals surface area contributed by atoms with E-state index in [0.29, 0.717) is 6.10 Å². The number of halogens is 1. The van der Waals surface area contributed by atoms with Crippen LogP contribution in [0, 0.1) is 6.92 Å². The number of nitrogens with zero attached hydrogens (tertiary/aromatic N) is 2. The minimum Gasteiger partial charge on any atom is -0.490 e. The third kappa shape index (κ3) is 3.66. The van der Waals surface area contributed by atoms with Crippen molar-refractivity contribution in [2.75, 3.05) is 19.6 Å². The summed E-state index contributed by atoms with van der Waals surface area (Å²) >= 11 is 0. The van der Waals surface area contributed by atoms with Crippen LogP contribution in [0.2, 0.25) is 0 Å². The Bertz CT molecular complexity index is 594. The van der Waals surface area contributed by atoms with Crippen LogP contribution in [0.15, 0.2) is 30.6 Å². The average Bonchev–Trinajstić information content (AvgIpc) is 2.49. The van der Waals surface area contributed by atoms with Gasteiger partial charge in [0.15, 0.2) is 0 Å². The lowest BCUT2D eigenvalue weighted by molar-refractivity contribution is 0.103. The molecule has 1 saturated heterocycles. The Morgan fingerprint density at radius 2 is 2.00 bits per heavy atom. The van der Waals surface area contributed by atoms with Crippen molar-refractivity contribution in [1.29, 1.82) is 0 Å². The Kier molecular flexibility index (Phi) is 5.43. The van der Waals surface area contributed by atoms with Gasteiger partial charge in [-0.2, -0.15) is 0 Å². The molecule has 0 aliphatic carbocycles. The molecular formula is C17H23ClN2O. The first-order chi connectivity index (χ1) is 9.76. The van der Waals surface area contributed by atoms with E-state index >= 15 is 0 Å². The smallest absolute Gasteiger partial charge is 0.123 e. The number of hydrogen-bond acceptors (Lipinski definition) is 3.